The minimum Gasteiger partial charge on any atom is -0.508 e. The Morgan fingerprint density at radius 2 is 1.70 bits per heavy atom. The van der Waals surface area contributed by atoms with Gasteiger partial charge in [-0.15, -0.1) is 0 Å². The lowest BCUT2D eigenvalue weighted by Crippen LogP contribution is -2.59. The Labute approximate surface area is 171 Å². The highest BCUT2D eigenvalue weighted by atomic mass is 16.7. The first kappa shape index (κ1) is 21.8. The van der Waals surface area contributed by atoms with Crippen LogP contribution in [0.15, 0.2) is 42.5 Å². The number of rotatable bonds is 5. The fourth-order valence-corrected chi connectivity index (χ4v) is 3.07. The number of aliphatic hydroxyl groups excluding tert-OH is 4. The standard InChI is InChI=1S/C21H22O9/c22-10-15-17(25)18(26)19(27)21(29-15)30-20(28)16-12(8-13(23)9-14(16)24)7-6-11-4-2-1-3-5-11/h1-9,15,17-19,21-27H,10H2/b7-6+. The van der Waals surface area contributed by atoms with Crippen molar-refractivity contribution in [2.24, 2.45) is 0 Å². The summed E-state index contributed by atoms with van der Waals surface area (Å²) in [6, 6.07) is 11.3. The monoisotopic (exact) mass is 418 g/mol. The maximum Gasteiger partial charge on any atom is 0.344 e. The van der Waals surface area contributed by atoms with Crippen LogP contribution in [0.3, 0.4) is 0 Å². The van der Waals surface area contributed by atoms with Gasteiger partial charge in [-0.3, -0.25) is 0 Å². The molecular weight excluding hydrogens is 396 g/mol. The van der Waals surface area contributed by atoms with Gasteiger partial charge in [-0.2, -0.15) is 0 Å². The van der Waals surface area contributed by atoms with Crippen molar-refractivity contribution in [3.8, 4) is 11.5 Å². The van der Waals surface area contributed by atoms with Crippen molar-refractivity contribution < 1.29 is 44.9 Å². The van der Waals surface area contributed by atoms with E-state index in [0.29, 0.717) is 0 Å². The minimum atomic E-state index is -1.78. The molecule has 9 nitrogen and oxygen atoms in total. The highest BCUT2D eigenvalue weighted by Crippen LogP contribution is 2.31. The van der Waals surface area contributed by atoms with Gasteiger partial charge in [0.05, 0.1) is 6.61 Å². The van der Waals surface area contributed by atoms with Crippen LogP contribution in [0, 0.1) is 0 Å². The summed E-state index contributed by atoms with van der Waals surface area (Å²) in [5.41, 5.74) is 0.622. The number of hydrogen-bond acceptors (Lipinski definition) is 9. The van der Waals surface area contributed by atoms with E-state index in [0.717, 1.165) is 11.6 Å². The SMILES string of the molecule is O=C(OC1OC(CO)C(O)C(O)C1O)c1c(O)cc(O)cc1/C=C/c1ccccc1. The second kappa shape index (κ2) is 9.24. The predicted molar refractivity (Wildman–Crippen MR) is 104 cm³/mol. The van der Waals surface area contributed by atoms with Crippen molar-refractivity contribution in [1.29, 1.82) is 0 Å². The third kappa shape index (κ3) is 4.61. The molecule has 1 fully saturated rings. The summed E-state index contributed by atoms with van der Waals surface area (Å²) in [5.74, 6) is -1.97. The Kier molecular flexibility index (Phi) is 6.70. The third-order valence-electron chi connectivity index (χ3n) is 4.66. The van der Waals surface area contributed by atoms with E-state index in [9.17, 15) is 35.4 Å². The van der Waals surface area contributed by atoms with Crippen LogP contribution < -0.4 is 0 Å². The third-order valence-corrected chi connectivity index (χ3v) is 4.66. The van der Waals surface area contributed by atoms with Crippen LogP contribution in [0.1, 0.15) is 21.5 Å². The lowest BCUT2D eigenvalue weighted by Gasteiger charge is -2.39. The van der Waals surface area contributed by atoms with E-state index in [2.05, 4.69) is 0 Å². The van der Waals surface area contributed by atoms with Gasteiger partial charge < -0.3 is 40.1 Å². The maximum absolute atomic E-state index is 12.7. The largest absolute Gasteiger partial charge is 0.508 e. The second-order valence-corrected chi connectivity index (χ2v) is 6.78. The van der Waals surface area contributed by atoms with Gasteiger partial charge >= 0.3 is 5.97 Å². The molecule has 2 aromatic rings. The molecule has 5 atom stereocenters. The van der Waals surface area contributed by atoms with E-state index in [-0.39, 0.29) is 16.9 Å². The summed E-state index contributed by atoms with van der Waals surface area (Å²) < 4.78 is 10.2. The molecule has 0 amide bonds. The van der Waals surface area contributed by atoms with Gasteiger partial charge in [0.25, 0.3) is 0 Å². The Morgan fingerprint density at radius 1 is 1.00 bits per heavy atom. The molecule has 30 heavy (non-hydrogen) atoms. The molecule has 9 heteroatoms. The summed E-state index contributed by atoms with van der Waals surface area (Å²) in [6.45, 7) is -0.686. The number of phenols is 2. The van der Waals surface area contributed by atoms with Gasteiger partial charge in [-0.25, -0.2) is 4.79 Å². The van der Waals surface area contributed by atoms with Gasteiger partial charge in [0.1, 0.15) is 41.5 Å². The zero-order chi connectivity index (χ0) is 21.8. The number of aromatic hydroxyl groups is 2. The molecule has 0 aromatic heterocycles. The van der Waals surface area contributed by atoms with E-state index < -0.39 is 49.0 Å². The lowest BCUT2D eigenvalue weighted by molar-refractivity contribution is -0.285. The molecule has 3 rings (SSSR count). The van der Waals surface area contributed by atoms with Crippen LogP contribution in [0.25, 0.3) is 12.2 Å². The summed E-state index contributed by atoms with van der Waals surface area (Å²) >= 11 is 0. The minimum absolute atomic E-state index is 0.131. The van der Waals surface area contributed by atoms with Crippen molar-refractivity contribution in [2.75, 3.05) is 6.61 Å². The first-order valence-electron chi connectivity index (χ1n) is 9.12. The van der Waals surface area contributed by atoms with E-state index in [1.165, 1.54) is 12.1 Å². The second-order valence-electron chi connectivity index (χ2n) is 6.78. The molecule has 1 saturated heterocycles. The smallest absolute Gasteiger partial charge is 0.344 e. The Balaban J connectivity index is 1.87. The number of esters is 1. The summed E-state index contributed by atoms with van der Waals surface area (Å²) in [7, 11) is 0. The quantitative estimate of drug-likeness (QED) is 0.295. The van der Waals surface area contributed by atoms with Crippen molar-refractivity contribution in [2.45, 2.75) is 30.7 Å². The van der Waals surface area contributed by atoms with Crippen molar-refractivity contribution >= 4 is 18.1 Å². The summed E-state index contributed by atoms with van der Waals surface area (Å²) in [5, 5.41) is 58.9. The zero-order valence-electron chi connectivity index (χ0n) is 15.7. The van der Waals surface area contributed by atoms with Gasteiger partial charge in [0.15, 0.2) is 0 Å². The first-order chi connectivity index (χ1) is 14.3. The number of carbonyl (C=O) groups excluding carboxylic acids is 1. The van der Waals surface area contributed by atoms with Crippen molar-refractivity contribution in [3.63, 3.8) is 0 Å². The number of aliphatic hydroxyl groups is 4. The molecular formula is C21H22O9. The molecule has 1 heterocycles. The van der Waals surface area contributed by atoms with Crippen LogP contribution in [0.2, 0.25) is 0 Å². The topological polar surface area (TPSA) is 157 Å². The van der Waals surface area contributed by atoms with Crippen LogP contribution in [-0.4, -0.2) is 73.9 Å². The molecule has 1 aliphatic rings. The fraction of sp³-hybridized carbons (Fsp3) is 0.286. The fourth-order valence-electron chi connectivity index (χ4n) is 3.07. The molecule has 5 unspecified atom stereocenters. The first-order valence-corrected chi connectivity index (χ1v) is 9.12. The van der Waals surface area contributed by atoms with Gasteiger partial charge in [0.2, 0.25) is 6.29 Å². The lowest BCUT2D eigenvalue weighted by atomic mass is 9.99. The van der Waals surface area contributed by atoms with E-state index in [1.54, 1.807) is 6.08 Å². The van der Waals surface area contributed by atoms with Gasteiger partial charge in [0, 0.05) is 6.07 Å². The molecule has 0 aliphatic carbocycles. The molecule has 0 saturated carbocycles. The number of ether oxygens (including phenoxy) is 2. The van der Waals surface area contributed by atoms with E-state index in [1.807, 2.05) is 30.3 Å². The van der Waals surface area contributed by atoms with Gasteiger partial charge in [-0.1, -0.05) is 42.5 Å². The Bertz CT molecular complexity index is 910. The number of carbonyl (C=O) groups is 1. The summed E-state index contributed by atoms with van der Waals surface area (Å²) in [6.07, 6.45) is -4.93. The molecule has 0 radical (unpaired) electrons. The van der Waals surface area contributed by atoms with Crippen LogP contribution >= 0.6 is 0 Å². The number of hydrogen-bond donors (Lipinski definition) is 6. The molecule has 0 bridgehead atoms. The molecule has 1 aliphatic heterocycles. The van der Waals surface area contributed by atoms with Crippen molar-refractivity contribution in [3.05, 3.63) is 59.2 Å². The van der Waals surface area contributed by atoms with Crippen molar-refractivity contribution in [1.82, 2.24) is 0 Å². The van der Waals surface area contributed by atoms with E-state index in [4.69, 9.17) is 9.47 Å². The highest BCUT2D eigenvalue weighted by molar-refractivity contribution is 5.98. The molecule has 160 valence electrons. The maximum atomic E-state index is 12.7. The normalized spacial score (nSPS) is 26.6. The average molecular weight is 418 g/mol. The summed E-state index contributed by atoms with van der Waals surface area (Å²) in [4.78, 5) is 12.7. The van der Waals surface area contributed by atoms with Crippen LogP contribution in [0.4, 0.5) is 0 Å². The van der Waals surface area contributed by atoms with E-state index >= 15 is 0 Å². The predicted octanol–water partition coefficient (Wildman–Crippen LogP) is 0.225. The zero-order valence-corrected chi connectivity index (χ0v) is 15.7. The Hall–Kier alpha value is -2.95. The molecule has 2 aromatic carbocycles. The van der Waals surface area contributed by atoms with Crippen LogP contribution in [0.5, 0.6) is 11.5 Å². The molecule has 0 spiro atoms. The van der Waals surface area contributed by atoms with Crippen LogP contribution in [-0.2, 0) is 9.47 Å². The average Bonchev–Trinajstić information content (AvgIpc) is 2.72. The number of benzene rings is 2. The number of phenolic OH excluding ortho intramolecular Hbond substituents is 2. The Morgan fingerprint density at radius 3 is 2.37 bits per heavy atom. The van der Waals surface area contributed by atoms with Gasteiger partial charge in [-0.05, 0) is 17.2 Å². The molecule has 6 N–H and O–H groups in total. The highest BCUT2D eigenvalue weighted by Gasteiger charge is 2.45.